The minimum absolute atomic E-state index is 0.144. The number of rotatable bonds is 6. The molecule has 2 amide bonds. The maximum absolute atomic E-state index is 11.9. The first-order valence-corrected chi connectivity index (χ1v) is 6.97. The Kier molecular flexibility index (Phi) is 5.09. The van der Waals surface area contributed by atoms with E-state index in [2.05, 4.69) is 23.8 Å². The van der Waals surface area contributed by atoms with Gasteiger partial charge in [0, 0.05) is 24.2 Å². The van der Waals surface area contributed by atoms with E-state index in [9.17, 15) is 9.59 Å². The molecule has 0 atom stereocenters. The maximum atomic E-state index is 11.9. The number of carbonyl (C=O) groups excluding carboxylic acids is 2. The topological polar surface area (TPSA) is 58.2 Å². The van der Waals surface area contributed by atoms with Crippen LogP contribution in [0, 0.1) is 0 Å². The molecular weight excluding hydrogens is 276 g/mol. The average Bonchev–Trinajstić information content (AvgIpc) is 2.56. The first-order chi connectivity index (χ1) is 10.7. The summed E-state index contributed by atoms with van der Waals surface area (Å²) in [5.74, 6) is -0.288. The van der Waals surface area contributed by atoms with Crippen molar-refractivity contribution in [2.45, 2.75) is 0 Å². The Morgan fingerprint density at radius 3 is 1.59 bits per heavy atom. The van der Waals surface area contributed by atoms with Crippen LogP contribution in [-0.4, -0.2) is 24.9 Å². The van der Waals surface area contributed by atoms with Crippen molar-refractivity contribution in [3.8, 4) is 0 Å². The molecule has 4 nitrogen and oxygen atoms in total. The largest absolute Gasteiger partial charge is 0.349 e. The van der Waals surface area contributed by atoms with E-state index in [1.807, 2.05) is 12.1 Å². The molecule has 0 aromatic heterocycles. The molecule has 2 aromatic rings. The summed E-state index contributed by atoms with van der Waals surface area (Å²) in [4.78, 5) is 23.8. The molecule has 2 N–H and O–H groups in total. The molecule has 0 aliphatic heterocycles. The smallest absolute Gasteiger partial charge is 0.251 e. The molecule has 112 valence electrons. The van der Waals surface area contributed by atoms with Gasteiger partial charge in [-0.15, -0.1) is 13.2 Å². The minimum atomic E-state index is -0.144. The van der Waals surface area contributed by atoms with Crippen molar-refractivity contribution in [2.75, 3.05) is 13.1 Å². The van der Waals surface area contributed by atoms with Gasteiger partial charge in [-0.3, -0.25) is 9.59 Å². The molecule has 0 aliphatic carbocycles. The Labute approximate surface area is 129 Å². The highest BCUT2D eigenvalue weighted by Gasteiger charge is 2.08. The standard InChI is InChI=1S/C18H18N2O2/c1-3-9-19-17(21)15-7-5-14-12-16(8-6-13(14)11-15)18(22)20-10-4-2/h3-8,11-12H,1-2,9-10H2,(H,19,21)(H,20,22). The van der Waals surface area contributed by atoms with E-state index in [-0.39, 0.29) is 11.8 Å². The van der Waals surface area contributed by atoms with Gasteiger partial charge in [-0.25, -0.2) is 0 Å². The van der Waals surface area contributed by atoms with E-state index < -0.39 is 0 Å². The molecule has 2 aromatic carbocycles. The van der Waals surface area contributed by atoms with Crippen LogP contribution in [-0.2, 0) is 0 Å². The maximum Gasteiger partial charge on any atom is 0.251 e. The fourth-order valence-corrected chi connectivity index (χ4v) is 2.06. The zero-order valence-electron chi connectivity index (χ0n) is 12.3. The van der Waals surface area contributed by atoms with E-state index in [0.29, 0.717) is 24.2 Å². The van der Waals surface area contributed by atoms with Crippen LogP contribution >= 0.6 is 0 Å². The van der Waals surface area contributed by atoms with Crippen LogP contribution in [0.4, 0.5) is 0 Å². The number of nitrogens with one attached hydrogen (secondary N) is 2. The summed E-state index contributed by atoms with van der Waals surface area (Å²) >= 11 is 0. The van der Waals surface area contributed by atoms with E-state index in [1.54, 1.807) is 36.4 Å². The van der Waals surface area contributed by atoms with E-state index in [4.69, 9.17) is 0 Å². The van der Waals surface area contributed by atoms with Gasteiger partial charge in [0.15, 0.2) is 0 Å². The van der Waals surface area contributed by atoms with Gasteiger partial charge in [-0.2, -0.15) is 0 Å². The highest BCUT2D eigenvalue weighted by Crippen LogP contribution is 2.18. The zero-order chi connectivity index (χ0) is 15.9. The Bertz CT molecular complexity index is 672. The van der Waals surface area contributed by atoms with Crippen LogP contribution in [0.5, 0.6) is 0 Å². The molecule has 4 heteroatoms. The number of hydrogen-bond donors (Lipinski definition) is 2. The second-order valence-electron chi connectivity index (χ2n) is 4.77. The molecule has 0 unspecified atom stereocenters. The molecule has 0 heterocycles. The van der Waals surface area contributed by atoms with Crippen LogP contribution in [0.25, 0.3) is 10.8 Å². The Hall–Kier alpha value is -2.88. The minimum Gasteiger partial charge on any atom is -0.349 e. The van der Waals surface area contributed by atoms with Crippen molar-refractivity contribution >= 4 is 22.6 Å². The molecule has 0 saturated heterocycles. The van der Waals surface area contributed by atoms with Crippen molar-refractivity contribution in [1.29, 1.82) is 0 Å². The van der Waals surface area contributed by atoms with Crippen LogP contribution in [0.15, 0.2) is 61.7 Å². The third-order valence-electron chi connectivity index (χ3n) is 3.18. The Morgan fingerprint density at radius 1 is 0.818 bits per heavy atom. The molecule has 0 fully saturated rings. The Morgan fingerprint density at radius 2 is 1.23 bits per heavy atom. The SMILES string of the molecule is C=CCNC(=O)c1ccc2cc(C(=O)NCC=C)ccc2c1. The second-order valence-corrected chi connectivity index (χ2v) is 4.77. The third kappa shape index (κ3) is 3.61. The van der Waals surface area contributed by atoms with E-state index in [1.165, 1.54) is 0 Å². The van der Waals surface area contributed by atoms with Gasteiger partial charge in [0.05, 0.1) is 0 Å². The summed E-state index contributed by atoms with van der Waals surface area (Å²) in [5.41, 5.74) is 1.16. The number of benzene rings is 2. The molecule has 22 heavy (non-hydrogen) atoms. The molecule has 0 bridgehead atoms. The third-order valence-corrected chi connectivity index (χ3v) is 3.18. The first kappa shape index (κ1) is 15.5. The number of amides is 2. The predicted octanol–water partition coefficient (Wildman–Crippen LogP) is 2.67. The molecule has 0 aliphatic rings. The van der Waals surface area contributed by atoms with Crippen LogP contribution < -0.4 is 10.6 Å². The normalized spacial score (nSPS) is 10.0. The predicted molar refractivity (Wildman–Crippen MR) is 89.0 cm³/mol. The van der Waals surface area contributed by atoms with Crippen molar-refractivity contribution in [3.63, 3.8) is 0 Å². The summed E-state index contributed by atoms with van der Waals surface area (Å²) < 4.78 is 0. The summed E-state index contributed by atoms with van der Waals surface area (Å²) in [6.07, 6.45) is 3.26. The molecule has 0 spiro atoms. The number of carbonyl (C=O) groups is 2. The lowest BCUT2D eigenvalue weighted by Crippen LogP contribution is -2.23. The van der Waals surface area contributed by atoms with Crippen LogP contribution in [0.2, 0.25) is 0 Å². The molecule has 2 rings (SSSR count). The van der Waals surface area contributed by atoms with Gasteiger partial charge in [0.2, 0.25) is 0 Å². The lowest BCUT2D eigenvalue weighted by atomic mass is 10.0. The summed E-state index contributed by atoms with van der Waals surface area (Å²) in [7, 11) is 0. The van der Waals surface area contributed by atoms with Crippen molar-refractivity contribution < 1.29 is 9.59 Å². The number of fused-ring (bicyclic) bond motifs is 1. The zero-order valence-corrected chi connectivity index (χ0v) is 12.3. The number of hydrogen-bond acceptors (Lipinski definition) is 2. The Balaban J connectivity index is 2.25. The van der Waals surface area contributed by atoms with Crippen LogP contribution in [0.3, 0.4) is 0 Å². The summed E-state index contributed by atoms with van der Waals surface area (Å²) in [6, 6.07) is 10.8. The fraction of sp³-hybridized carbons (Fsp3) is 0.111. The first-order valence-electron chi connectivity index (χ1n) is 6.97. The monoisotopic (exact) mass is 294 g/mol. The van der Waals surface area contributed by atoms with Crippen molar-refractivity contribution in [3.05, 3.63) is 72.8 Å². The second kappa shape index (κ2) is 7.22. The average molecular weight is 294 g/mol. The highest BCUT2D eigenvalue weighted by atomic mass is 16.2. The van der Waals surface area contributed by atoms with E-state index >= 15 is 0 Å². The molecule has 0 radical (unpaired) electrons. The van der Waals surface area contributed by atoms with Gasteiger partial charge < -0.3 is 10.6 Å². The van der Waals surface area contributed by atoms with Gasteiger partial charge >= 0.3 is 0 Å². The molecular formula is C18H18N2O2. The van der Waals surface area contributed by atoms with Gasteiger partial charge in [0.25, 0.3) is 11.8 Å². The quantitative estimate of drug-likeness (QED) is 0.805. The van der Waals surface area contributed by atoms with Crippen LogP contribution in [0.1, 0.15) is 20.7 Å². The van der Waals surface area contributed by atoms with Gasteiger partial charge in [-0.05, 0) is 35.0 Å². The van der Waals surface area contributed by atoms with Gasteiger partial charge in [0.1, 0.15) is 0 Å². The van der Waals surface area contributed by atoms with E-state index in [0.717, 1.165) is 10.8 Å². The highest BCUT2D eigenvalue weighted by molar-refractivity contribution is 6.01. The molecule has 0 saturated carbocycles. The summed E-state index contributed by atoms with van der Waals surface area (Å²) in [6.45, 7) is 7.99. The summed E-state index contributed by atoms with van der Waals surface area (Å²) in [5, 5.41) is 7.29. The van der Waals surface area contributed by atoms with Gasteiger partial charge in [-0.1, -0.05) is 24.3 Å². The lowest BCUT2D eigenvalue weighted by molar-refractivity contribution is 0.0949. The van der Waals surface area contributed by atoms with Crippen molar-refractivity contribution in [2.24, 2.45) is 0 Å². The fourth-order valence-electron chi connectivity index (χ4n) is 2.06. The van der Waals surface area contributed by atoms with Crippen molar-refractivity contribution in [1.82, 2.24) is 10.6 Å². The lowest BCUT2D eigenvalue weighted by Gasteiger charge is -2.07.